The molecule has 0 atom stereocenters. The summed E-state index contributed by atoms with van der Waals surface area (Å²) in [6, 6.07) is 2.13. The highest BCUT2D eigenvalue weighted by molar-refractivity contribution is 4.68. The second-order valence-corrected chi connectivity index (χ2v) is 3.28. The SMILES string of the molecule is CC(C)OCCNCCCCC#N. The van der Waals surface area contributed by atoms with Crippen molar-refractivity contribution in [3.05, 3.63) is 0 Å². The Kier molecular flexibility index (Phi) is 9.07. The first-order valence-electron chi connectivity index (χ1n) is 4.96. The summed E-state index contributed by atoms with van der Waals surface area (Å²) in [5, 5.41) is 11.5. The fraction of sp³-hybridized carbons (Fsp3) is 0.900. The molecule has 0 saturated carbocycles. The van der Waals surface area contributed by atoms with Crippen LogP contribution in [0.15, 0.2) is 0 Å². The van der Waals surface area contributed by atoms with Crippen molar-refractivity contribution in [2.45, 2.75) is 39.2 Å². The molecule has 0 amide bonds. The predicted molar refractivity (Wildman–Crippen MR) is 53.4 cm³/mol. The third-order valence-electron chi connectivity index (χ3n) is 1.62. The van der Waals surface area contributed by atoms with E-state index >= 15 is 0 Å². The van der Waals surface area contributed by atoms with Gasteiger partial charge in [-0.15, -0.1) is 0 Å². The van der Waals surface area contributed by atoms with Crippen molar-refractivity contribution in [3.63, 3.8) is 0 Å². The van der Waals surface area contributed by atoms with E-state index < -0.39 is 0 Å². The van der Waals surface area contributed by atoms with E-state index in [9.17, 15) is 0 Å². The maximum Gasteiger partial charge on any atom is 0.0621 e. The Bertz CT molecular complexity index is 140. The zero-order chi connectivity index (χ0) is 9.94. The monoisotopic (exact) mass is 184 g/mol. The van der Waals surface area contributed by atoms with Gasteiger partial charge >= 0.3 is 0 Å². The molecule has 0 aromatic rings. The van der Waals surface area contributed by atoms with Gasteiger partial charge in [-0.25, -0.2) is 0 Å². The standard InChI is InChI=1S/C10H20N2O/c1-10(2)13-9-8-12-7-5-3-4-6-11/h10,12H,3-5,7-9H2,1-2H3. The van der Waals surface area contributed by atoms with Gasteiger partial charge in [0.1, 0.15) is 0 Å². The van der Waals surface area contributed by atoms with Gasteiger partial charge in [0.05, 0.1) is 18.8 Å². The van der Waals surface area contributed by atoms with Crippen molar-refractivity contribution in [1.29, 1.82) is 5.26 Å². The number of hydrogen-bond acceptors (Lipinski definition) is 3. The van der Waals surface area contributed by atoms with Gasteiger partial charge in [-0.1, -0.05) is 0 Å². The second-order valence-electron chi connectivity index (χ2n) is 3.28. The third kappa shape index (κ3) is 11.4. The van der Waals surface area contributed by atoms with Crippen molar-refractivity contribution in [2.24, 2.45) is 0 Å². The van der Waals surface area contributed by atoms with E-state index in [0.717, 1.165) is 32.5 Å². The smallest absolute Gasteiger partial charge is 0.0621 e. The summed E-state index contributed by atoms with van der Waals surface area (Å²) in [6.07, 6.45) is 3.06. The number of nitriles is 1. The highest BCUT2D eigenvalue weighted by Gasteiger charge is 1.92. The van der Waals surface area contributed by atoms with Crippen LogP contribution in [-0.2, 0) is 4.74 Å². The number of nitrogens with zero attached hydrogens (tertiary/aromatic N) is 1. The van der Waals surface area contributed by atoms with E-state index in [4.69, 9.17) is 10.00 Å². The van der Waals surface area contributed by atoms with Crippen molar-refractivity contribution in [3.8, 4) is 6.07 Å². The molecule has 0 aliphatic rings. The van der Waals surface area contributed by atoms with E-state index in [1.807, 2.05) is 13.8 Å². The van der Waals surface area contributed by atoms with Gasteiger partial charge in [0.25, 0.3) is 0 Å². The molecule has 0 aliphatic heterocycles. The maximum absolute atomic E-state index is 8.28. The molecule has 0 rings (SSSR count). The summed E-state index contributed by atoms with van der Waals surface area (Å²) in [5.74, 6) is 0. The Morgan fingerprint density at radius 3 is 2.69 bits per heavy atom. The molecule has 0 unspecified atom stereocenters. The van der Waals surface area contributed by atoms with Gasteiger partial charge in [-0.2, -0.15) is 5.26 Å². The van der Waals surface area contributed by atoms with Crippen LogP contribution in [0, 0.1) is 11.3 Å². The van der Waals surface area contributed by atoms with Gasteiger partial charge < -0.3 is 10.1 Å². The molecule has 0 aromatic carbocycles. The number of ether oxygens (including phenoxy) is 1. The number of rotatable bonds is 8. The average Bonchev–Trinajstić information content (AvgIpc) is 2.09. The van der Waals surface area contributed by atoms with Crippen LogP contribution in [0.5, 0.6) is 0 Å². The van der Waals surface area contributed by atoms with Crippen LogP contribution < -0.4 is 5.32 Å². The largest absolute Gasteiger partial charge is 0.377 e. The molecular formula is C10H20N2O. The lowest BCUT2D eigenvalue weighted by atomic mass is 10.2. The molecule has 76 valence electrons. The molecule has 0 bridgehead atoms. The average molecular weight is 184 g/mol. The molecule has 13 heavy (non-hydrogen) atoms. The molecule has 0 saturated heterocycles. The van der Waals surface area contributed by atoms with Crippen LogP contribution in [0.2, 0.25) is 0 Å². The van der Waals surface area contributed by atoms with E-state index in [-0.39, 0.29) is 0 Å². The minimum Gasteiger partial charge on any atom is -0.377 e. The van der Waals surface area contributed by atoms with Crippen LogP contribution in [0.1, 0.15) is 33.1 Å². The molecule has 0 aliphatic carbocycles. The van der Waals surface area contributed by atoms with Crippen LogP contribution >= 0.6 is 0 Å². The van der Waals surface area contributed by atoms with Crippen LogP contribution in [0.3, 0.4) is 0 Å². The molecule has 0 aromatic heterocycles. The molecule has 3 nitrogen and oxygen atoms in total. The molecule has 0 radical (unpaired) electrons. The fourth-order valence-electron chi connectivity index (χ4n) is 0.946. The normalized spacial score (nSPS) is 10.3. The molecule has 1 N–H and O–H groups in total. The second kappa shape index (κ2) is 9.50. The van der Waals surface area contributed by atoms with Gasteiger partial charge in [-0.3, -0.25) is 0 Å². The van der Waals surface area contributed by atoms with Gasteiger partial charge in [0.2, 0.25) is 0 Å². The molecule has 0 fully saturated rings. The maximum atomic E-state index is 8.28. The topological polar surface area (TPSA) is 45.0 Å². The summed E-state index contributed by atoms with van der Waals surface area (Å²) in [5.41, 5.74) is 0. The first-order valence-corrected chi connectivity index (χ1v) is 4.96. The Hall–Kier alpha value is -0.590. The zero-order valence-corrected chi connectivity index (χ0v) is 8.68. The van der Waals surface area contributed by atoms with Gasteiger partial charge in [0, 0.05) is 13.0 Å². The minimum absolute atomic E-state index is 0.320. The quantitative estimate of drug-likeness (QED) is 0.584. The summed E-state index contributed by atoms with van der Waals surface area (Å²) in [6.45, 7) is 6.74. The van der Waals surface area contributed by atoms with E-state index in [2.05, 4.69) is 11.4 Å². The Morgan fingerprint density at radius 2 is 2.08 bits per heavy atom. The molecule has 0 heterocycles. The van der Waals surface area contributed by atoms with Crippen molar-refractivity contribution >= 4 is 0 Å². The Labute approximate surface area is 81.1 Å². The third-order valence-corrected chi connectivity index (χ3v) is 1.62. The van der Waals surface area contributed by atoms with Crippen LogP contribution in [-0.4, -0.2) is 25.8 Å². The van der Waals surface area contributed by atoms with Crippen LogP contribution in [0.25, 0.3) is 0 Å². The van der Waals surface area contributed by atoms with Crippen molar-refractivity contribution in [2.75, 3.05) is 19.7 Å². The van der Waals surface area contributed by atoms with Crippen molar-refractivity contribution < 1.29 is 4.74 Å². The fourth-order valence-corrected chi connectivity index (χ4v) is 0.946. The Balaban J connectivity index is 2.88. The molecular weight excluding hydrogens is 164 g/mol. The minimum atomic E-state index is 0.320. The highest BCUT2D eigenvalue weighted by atomic mass is 16.5. The van der Waals surface area contributed by atoms with Gasteiger partial charge in [0.15, 0.2) is 0 Å². The summed E-state index contributed by atoms with van der Waals surface area (Å²) >= 11 is 0. The summed E-state index contributed by atoms with van der Waals surface area (Å²) in [4.78, 5) is 0. The lowest BCUT2D eigenvalue weighted by molar-refractivity contribution is 0.0809. The van der Waals surface area contributed by atoms with E-state index in [0.29, 0.717) is 12.5 Å². The summed E-state index contributed by atoms with van der Waals surface area (Å²) < 4.78 is 5.35. The zero-order valence-electron chi connectivity index (χ0n) is 8.68. The molecule has 3 heteroatoms. The lowest BCUT2D eigenvalue weighted by Gasteiger charge is -2.07. The number of nitrogens with one attached hydrogen (secondary N) is 1. The first kappa shape index (κ1) is 12.4. The van der Waals surface area contributed by atoms with E-state index in [1.165, 1.54) is 0 Å². The molecule has 0 spiro atoms. The highest BCUT2D eigenvalue weighted by Crippen LogP contribution is 1.91. The van der Waals surface area contributed by atoms with Crippen molar-refractivity contribution in [1.82, 2.24) is 5.32 Å². The summed E-state index contributed by atoms with van der Waals surface area (Å²) in [7, 11) is 0. The lowest BCUT2D eigenvalue weighted by Crippen LogP contribution is -2.22. The number of unbranched alkanes of at least 4 members (excludes halogenated alkanes) is 2. The van der Waals surface area contributed by atoms with E-state index in [1.54, 1.807) is 0 Å². The number of hydrogen-bond donors (Lipinski definition) is 1. The first-order chi connectivity index (χ1) is 6.27. The van der Waals surface area contributed by atoms with Crippen LogP contribution in [0.4, 0.5) is 0 Å². The predicted octanol–water partition coefficient (Wildman–Crippen LogP) is 1.69. The Morgan fingerprint density at radius 1 is 1.31 bits per heavy atom. The van der Waals surface area contributed by atoms with Gasteiger partial charge in [-0.05, 0) is 33.2 Å².